The maximum Gasteiger partial charge on any atom is 0.270 e. The van der Waals surface area contributed by atoms with E-state index in [4.69, 9.17) is 16.9 Å². The number of nitriles is 1. The third-order valence-corrected chi connectivity index (χ3v) is 3.37. The van der Waals surface area contributed by atoms with Gasteiger partial charge in [-0.1, -0.05) is 11.6 Å². The van der Waals surface area contributed by atoms with Crippen LogP contribution < -0.4 is 0 Å². The van der Waals surface area contributed by atoms with Crippen LogP contribution in [0.1, 0.15) is 23.2 Å². The van der Waals surface area contributed by atoms with E-state index in [0.717, 1.165) is 12.5 Å². The fourth-order valence-corrected chi connectivity index (χ4v) is 2.35. The number of rotatable bonds is 2. The van der Waals surface area contributed by atoms with Gasteiger partial charge in [0.15, 0.2) is 0 Å². The lowest BCUT2D eigenvalue weighted by atomic mass is 10.1. The molecular formula is C12H10ClN3O3. The molecule has 1 heterocycles. The summed E-state index contributed by atoms with van der Waals surface area (Å²) in [5.41, 5.74) is 0.0224. The molecule has 0 aromatic heterocycles. The molecule has 0 aliphatic carbocycles. The van der Waals surface area contributed by atoms with Crippen LogP contribution in [-0.2, 0) is 0 Å². The molecule has 1 aliphatic rings. The quantitative estimate of drug-likeness (QED) is 0.614. The number of likely N-dealkylation sites (tertiary alicyclic amines) is 1. The van der Waals surface area contributed by atoms with Crippen molar-refractivity contribution in [1.82, 2.24) is 4.90 Å². The van der Waals surface area contributed by atoms with Crippen molar-refractivity contribution < 1.29 is 9.72 Å². The second-order valence-corrected chi connectivity index (χ2v) is 4.61. The van der Waals surface area contributed by atoms with E-state index in [2.05, 4.69) is 6.07 Å². The van der Waals surface area contributed by atoms with Crippen LogP contribution in [0, 0.1) is 21.4 Å². The number of nitrogens with zero attached hydrogens (tertiary/aromatic N) is 3. The fraction of sp³-hybridized carbons (Fsp3) is 0.333. The average Bonchev–Trinajstić information content (AvgIpc) is 2.85. The molecule has 0 N–H and O–H groups in total. The molecular weight excluding hydrogens is 270 g/mol. The second kappa shape index (κ2) is 5.24. The van der Waals surface area contributed by atoms with Crippen LogP contribution in [0.25, 0.3) is 0 Å². The first kappa shape index (κ1) is 13.3. The number of hydrogen-bond acceptors (Lipinski definition) is 4. The van der Waals surface area contributed by atoms with Gasteiger partial charge in [-0.2, -0.15) is 5.26 Å². The summed E-state index contributed by atoms with van der Waals surface area (Å²) in [6, 6.07) is 5.33. The van der Waals surface area contributed by atoms with E-state index in [-0.39, 0.29) is 22.2 Å². The van der Waals surface area contributed by atoms with Gasteiger partial charge >= 0.3 is 0 Å². The van der Waals surface area contributed by atoms with E-state index in [1.54, 1.807) is 0 Å². The minimum absolute atomic E-state index is 0.0304. The largest absolute Gasteiger partial charge is 0.323 e. The van der Waals surface area contributed by atoms with Gasteiger partial charge in [-0.05, 0) is 18.9 Å². The Kier molecular flexibility index (Phi) is 3.67. The molecule has 0 spiro atoms. The Morgan fingerprint density at radius 1 is 1.58 bits per heavy atom. The van der Waals surface area contributed by atoms with Crippen molar-refractivity contribution in [3.8, 4) is 6.07 Å². The lowest BCUT2D eigenvalue weighted by Crippen LogP contribution is -2.34. The van der Waals surface area contributed by atoms with E-state index < -0.39 is 11.0 Å². The molecule has 1 saturated heterocycles. The molecule has 7 heteroatoms. The van der Waals surface area contributed by atoms with Crippen molar-refractivity contribution in [2.24, 2.45) is 0 Å². The van der Waals surface area contributed by atoms with Gasteiger partial charge in [0.1, 0.15) is 6.04 Å². The van der Waals surface area contributed by atoms with Gasteiger partial charge in [0.05, 0.1) is 21.6 Å². The Morgan fingerprint density at radius 2 is 2.32 bits per heavy atom. The van der Waals surface area contributed by atoms with E-state index in [9.17, 15) is 14.9 Å². The molecule has 1 aromatic carbocycles. The highest BCUT2D eigenvalue weighted by Crippen LogP contribution is 2.26. The zero-order chi connectivity index (χ0) is 14.0. The topological polar surface area (TPSA) is 87.2 Å². The maximum absolute atomic E-state index is 12.2. The van der Waals surface area contributed by atoms with Crippen molar-refractivity contribution in [2.45, 2.75) is 18.9 Å². The summed E-state index contributed by atoms with van der Waals surface area (Å²) >= 11 is 5.90. The molecule has 1 unspecified atom stereocenters. The summed E-state index contributed by atoms with van der Waals surface area (Å²) < 4.78 is 0. The van der Waals surface area contributed by atoms with Crippen molar-refractivity contribution in [2.75, 3.05) is 6.54 Å². The van der Waals surface area contributed by atoms with Crippen LogP contribution in [0.3, 0.4) is 0 Å². The maximum atomic E-state index is 12.2. The molecule has 6 nitrogen and oxygen atoms in total. The Hall–Kier alpha value is -2.13. The zero-order valence-electron chi connectivity index (χ0n) is 9.88. The smallest absolute Gasteiger partial charge is 0.270 e. The highest BCUT2D eigenvalue weighted by atomic mass is 35.5. The lowest BCUT2D eigenvalue weighted by Gasteiger charge is -2.19. The Balaban J connectivity index is 2.30. The molecule has 1 aliphatic heterocycles. The minimum atomic E-state index is -0.575. The molecule has 0 saturated carbocycles. The van der Waals surface area contributed by atoms with Crippen molar-refractivity contribution in [3.63, 3.8) is 0 Å². The Morgan fingerprint density at radius 3 is 2.89 bits per heavy atom. The number of hydrogen-bond donors (Lipinski definition) is 0. The molecule has 98 valence electrons. The van der Waals surface area contributed by atoms with Crippen LogP contribution in [0.5, 0.6) is 0 Å². The van der Waals surface area contributed by atoms with Crippen LogP contribution in [0.4, 0.5) is 5.69 Å². The summed E-state index contributed by atoms with van der Waals surface area (Å²) in [6.45, 7) is 0.504. The van der Waals surface area contributed by atoms with Crippen LogP contribution >= 0.6 is 11.6 Å². The SMILES string of the molecule is N#CC1CCCN1C(=O)c1ccc([N+](=O)[O-])cc1Cl. The summed E-state index contributed by atoms with van der Waals surface area (Å²) in [7, 11) is 0. The summed E-state index contributed by atoms with van der Waals surface area (Å²) in [4.78, 5) is 23.7. The molecule has 1 atom stereocenters. The number of nitro groups is 1. The minimum Gasteiger partial charge on any atom is -0.323 e. The van der Waals surface area contributed by atoms with E-state index in [1.165, 1.54) is 17.0 Å². The normalized spacial score (nSPS) is 18.1. The van der Waals surface area contributed by atoms with E-state index in [1.807, 2.05) is 0 Å². The monoisotopic (exact) mass is 279 g/mol. The average molecular weight is 280 g/mol. The third-order valence-electron chi connectivity index (χ3n) is 3.06. The standard InChI is InChI=1S/C12H10ClN3O3/c13-11-6-8(16(18)19)3-4-10(11)12(17)15-5-1-2-9(15)7-14/h3-4,6,9H,1-2,5H2. The van der Waals surface area contributed by atoms with Crippen LogP contribution in [0.15, 0.2) is 18.2 Å². The number of halogens is 1. The highest BCUT2D eigenvalue weighted by molar-refractivity contribution is 6.34. The number of amides is 1. The molecule has 0 bridgehead atoms. The molecule has 1 aromatic rings. The number of benzene rings is 1. The summed E-state index contributed by atoms with van der Waals surface area (Å²) in [5.74, 6) is -0.357. The molecule has 19 heavy (non-hydrogen) atoms. The van der Waals surface area contributed by atoms with Gasteiger partial charge in [0.25, 0.3) is 11.6 Å². The van der Waals surface area contributed by atoms with E-state index >= 15 is 0 Å². The van der Waals surface area contributed by atoms with Gasteiger partial charge < -0.3 is 4.90 Å². The highest BCUT2D eigenvalue weighted by Gasteiger charge is 2.30. The first-order valence-corrected chi connectivity index (χ1v) is 6.07. The van der Waals surface area contributed by atoms with Gasteiger partial charge in [-0.15, -0.1) is 0 Å². The molecule has 1 fully saturated rings. The molecule has 0 radical (unpaired) electrons. The number of non-ortho nitro benzene ring substituents is 1. The zero-order valence-corrected chi connectivity index (χ0v) is 10.6. The fourth-order valence-electron chi connectivity index (χ4n) is 2.09. The molecule has 1 amide bonds. The summed E-state index contributed by atoms with van der Waals surface area (Å²) in [5, 5.41) is 19.6. The van der Waals surface area contributed by atoms with Gasteiger partial charge in [-0.25, -0.2) is 0 Å². The predicted octanol–water partition coefficient (Wildman–Crippen LogP) is 2.38. The van der Waals surface area contributed by atoms with Crippen molar-refractivity contribution in [3.05, 3.63) is 38.9 Å². The number of nitro benzene ring substituents is 1. The van der Waals surface area contributed by atoms with E-state index in [0.29, 0.717) is 13.0 Å². The Labute approximate surface area is 114 Å². The van der Waals surface area contributed by atoms with Gasteiger partial charge in [0, 0.05) is 18.7 Å². The lowest BCUT2D eigenvalue weighted by molar-refractivity contribution is -0.384. The van der Waals surface area contributed by atoms with Gasteiger partial charge in [0.2, 0.25) is 0 Å². The number of carbonyl (C=O) groups is 1. The van der Waals surface area contributed by atoms with Crippen LogP contribution in [-0.4, -0.2) is 28.3 Å². The van der Waals surface area contributed by atoms with Crippen molar-refractivity contribution in [1.29, 1.82) is 5.26 Å². The van der Waals surface area contributed by atoms with Gasteiger partial charge in [-0.3, -0.25) is 14.9 Å². The summed E-state index contributed by atoms with van der Waals surface area (Å²) in [6.07, 6.45) is 1.42. The number of carbonyl (C=O) groups excluding carboxylic acids is 1. The van der Waals surface area contributed by atoms with Crippen molar-refractivity contribution >= 4 is 23.2 Å². The predicted molar refractivity (Wildman–Crippen MR) is 67.8 cm³/mol. The van der Waals surface area contributed by atoms with Crippen LogP contribution in [0.2, 0.25) is 5.02 Å². The Bertz CT molecular complexity index is 582. The first-order chi connectivity index (χ1) is 9.04. The molecule has 2 rings (SSSR count). The second-order valence-electron chi connectivity index (χ2n) is 4.21. The first-order valence-electron chi connectivity index (χ1n) is 5.69. The third kappa shape index (κ3) is 2.51.